The Morgan fingerprint density at radius 2 is 1.83 bits per heavy atom. The van der Waals surface area contributed by atoms with Crippen LogP contribution in [0.4, 0.5) is 0 Å². The third-order valence-corrected chi connectivity index (χ3v) is 16.2. The first-order valence-electron chi connectivity index (χ1n) is 15.8. The first-order chi connectivity index (χ1) is 19.5. The molecule has 3 unspecified atom stereocenters. The molecule has 0 saturated heterocycles. The summed E-state index contributed by atoms with van der Waals surface area (Å²) in [6.45, 7) is 23.2. The molecule has 0 N–H and O–H groups in total. The maximum atomic E-state index is 12.4. The number of aromatic nitrogens is 1. The zero-order chi connectivity index (χ0) is 30.8. The minimum atomic E-state index is -2.08. The van der Waals surface area contributed by atoms with E-state index in [1.807, 2.05) is 31.2 Å². The van der Waals surface area contributed by atoms with Gasteiger partial charge in [-0.3, -0.25) is 4.98 Å². The number of alkyl halides is 1. The Morgan fingerprint density at radius 1 is 1.17 bits per heavy atom. The Balaban J connectivity index is 1.75. The molecule has 1 spiro atoms. The molecule has 230 valence electrons. The van der Waals surface area contributed by atoms with Gasteiger partial charge in [-0.15, -0.1) is 0 Å². The predicted molar refractivity (Wildman–Crippen MR) is 180 cm³/mol. The van der Waals surface area contributed by atoms with E-state index in [-0.39, 0.29) is 40.1 Å². The van der Waals surface area contributed by atoms with Crippen LogP contribution in [0.1, 0.15) is 143 Å². The fraction of sp³-hybridized carbons (Fsp3) is 0.657. The van der Waals surface area contributed by atoms with Gasteiger partial charge in [0, 0.05) is 32.0 Å². The standard InChI is InChI=1S/C35H50INO4Si/c1-11-39-32(38)23-16-14-22(15-17-23)31-28-29(35(40-31)18-12-13-26(35)36)27-24(37-30(28)21(2)3)19-34(7,8)20-25(27)41-42(9,10)33(4,5)6/h14-17,21,25-26,31H,11-13,18-20H2,1-10H3/t25?,26?,31-,35?/m1/s1. The van der Waals surface area contributed by atoms with Crippen LogP contribution in [0, 0.1) is 5.41 Å². The Morgan fingerprint density at radius 3 is 2.38 bits per heavy atom. The van der Waals surface area contributed by atoms with Gasteiger partial charge in [-0.25, -0.2) is 4.79 Å². The highest BCUT2D eigenvalue weighted by Crippen LogP contribution is 2.62. The van der Waals surface area contributed by atoms with Crippen LogP contribution in [0.5, 0.6) is 0 Å². The lowest BCUT2D eigenvalue weighted by atomic mass is 9.70. The number of halogens is 1. The molecule has 3 aliphatic rings. The van der Waals surface area contributed by atoms with Gasteiger partial charge in [-0.1, -0.05) is 83.2 Å². The number of hydrogen-bond donors (Lipinski definition) is 0. The number of esters is 1. The van der Waals surface area contributed by atoms with Crippen LogP contribution < -0.4 is 0 Å². The number of rotatable bonds is 6. The normalized spacial score (nSPS) is 26.9. The lowest BCUT2D eigenvalue weighted by molar-refractivity contribution is -0.0515. The Labute approximate surface area is 268 Å². The van der Waals surface area contributed by atoms with Crippen molar-refractivity contribution in [3.05, 3.63) is 63.5 Å². The summed E-state index contributed by atoms with van der Waals surface area (Å²) >= 11 is 2.66. The van der Waals surface area contributed by atoms with Crippen LogP contribution >= 0.6 is 22.6 Å². The van der Waals surface area contributed by atoms with Crippen molar-refractivity contribution in [3.63, 3.8) is 0 Å². The van der Waals surface area contributed by atoms with E-state index >= 15 is 0 Å². The molecule has 2 heterocycles. The van der Waals surface area contributed by atoms with Gasteiger partial charge in [0.25, 0.3) is 0 Å². The van der Waals surface area contributed by atoms with Crippen LogP contribution in [0.25, 0.3) is 0 Å². The fourth-order valence-electron chi connectivity index (χ4n) is 7.01. The molecule has 0 amide bonds. The second kappa shape index (κ2) is 11.3. The number of nitrogens with zero attached hydrogens (tertiary/aromatic N) is 1. The molecule has 1 saturated carbocycles. The summed E-state index contributed by atoms with van der Waals surface area (Å²) in [5, 5.41) is 0.111. The molecular formula is C35H50INO4Si. The molecule has 2 aliphatic carbocycles. The molecule has 5 rings (SSSR count). The summed E-state index contributed by atoms with van der Waals surface area (Å²) in [6, 6.07) is 7.86. The van der Waals surface area contributed by atoms with Gasteiger partial charge in [-0.05, 0) is 86.2 Å². The second-order valence-electron chi connectivity index (χ2n) is 15.3. The summed E-state index contributed by atoms with van der Waals surface area (Å²) in [4.78, 5) is 18.0. The summed E-state index contributed by atoms with van der Waals surface area (Å²) < 4.78 is 20.4. The molecule has 42 heavy (non-hydrogen) atoms. The van der Waals surface area contributed by atoms with Crippen LogP contribution in [0.2, 0.25) is 18.1 Å². The first-order valence-corrected chi connectivity index (χ1v) is 20.0. The van der Waals surface area contributed by atoms with Crippen LogP contribution in [-0.2, 0) is 25.9 Å². The zero-order valence-corrected chi connectivity index (χ0v) is 30.5. The molecular weight excluding hydrogens is 653 g/mol. The Hall–Kier alpha value is -1.29. The highest BCUT2D eigenvalue weighted by molar-refractivity contribution is 14.1. The van der Waals surface area contributed by atoms with Crippen molar-refractivity contribution in [2.45, 2.75) is 133 Å². The highest BCUT2D eigenvalue weighted by atomic mass is 127. The van der Waals surface area contributed by atoms with E-state index in [0.717, 1.165) is 43.4 Å². The van der Waals surface area contributed by atoms with Crippen molar-refractivity contribution < 1.29 is 18.7 Å². The lowest BCUT2D eigenvalue weighted by Gasteiger charge is -2.45. The molecule has 1 aliphatic heterocycles. The molecule has 1 aromatic carbocycles. The summed E-state index contributed by atoms with van der Waals surface area (Å²) in [7, 11) is -2.08. The molecule has 2 aromatic rings. The third-order valence-electron chi connectivity index (χ3n) is 10.1. The number of benzene rings is 1. The van der Waals surface area contributed by atoms with Gasteiger partial charge in [0.15, 0.2) is 8.32 Å². The Bertz CT molecular complexity index is 1350. The minimum Gasteiger partial charge on any atom is -0.462 e. The van der Waals surface area contributed by atoms with E-state index in [2.05, 4.69) is 84.2 Å². The molecule has 0 radical (unpaired) electrons. The van der Waals surface area contributed by atoms with Gasteiger partial charge < -0.3 is 13.9 Å². The number of fused-ring (bicyclic) bond motifs is 4. The van der Waals surface area contributed by atoms with Crippen molar-refractivity contribution in [1.82, 2.24) is 4.98 Å². The van der Waals surface area contributed by atoms with E-state index in [4.69, 9.17) is 18.9 Å². The number of hydrogen-bond acceptors (Lipinski definition) is 5. The summed E-state index contributed by atoms with van der Waals surface area (Å²) in [6.07, 6.45) is 5.01. The molecule has 1 aromatic heterocycles. The van der Waals surface area contributed by atoms with Crippen molar-refractivity contribution >= 4 is 36.9 Å². The topological polar surface area (TPSA) is 57.7 Å². The third kappa shape index (κ3) is 5.54. The van der Waals surface area contributed by atoms with Gasteiger partial charge in [-0.2, -0.15) is 0 Å². The van der Waals surface area contributed by atoms with Crippen molar-refractivity contribution in [1.29, 1.82) is 0 Å². The first kappa shape index (κ1) is 32.1. The minimum absolute atomic E-state index is 0.00159. The summed E-state index contributed by atoms with van der Waals surface area (Å²) in [5.74, 6) is -0.0359. The van der Waals surface area contributed by atoms with Crippen molar-refractivity contribution in [3.8, 4) is 0 Å². The van der Waals surface area contributed by atoms with Gasteiger partial charge in [0.05, 0.1) is 18.3 Å². The SMILES string of the molecule is CCOC(=O)c1ccc([C@H]2OC3(CCCC3I)c3c4c(nc(C(C)C)c32)CC(C)(C)CC4O[Si](C)(C)C(C)(C)C)cc1. The number of carbonyl (C=O) groups is 1. The largest absolute Gasteiger partial charge is 0.462 e. The second-order valence-corrected chi connectivity index (χ2v) is 21.6. The zero-order valence-electron chi connectivity index (χ0n) is 27.3. The van der Waals surface area contributed by atoms with Gasteiger partial charge >= 0.3 is 5.97 Å². The van der Waals surface area contributed by atoms with Crippen molar-refractivity contribution in [2.75, 3.05) is 6.61 Å². The lowest BCUT2D eigenvalue weighted by Crippen LogP contribution is -2.44. The molecule has 7 heteroatoms. The number of carbonyl (C=O) groups excluding carboxylic acids is 1. The van der Waals surface area contributed by atoms with Crippen LogP contribution in [0.15, 0.2) is 24.3 Å². The van der Waals surface area contributed by atoms with E-state index in [9.17, 15) is 4.79 Å². The van der Waals surface area contributed by atoms with E-state index in [0.29, 0.717) is 16.1 Å². The monoisotopic (exact) mass is 703 g/mol. The van der Waals surface area contributed by atoms with Crippen molar-refractivity contribution in [2.24, 2.45) is 5.41 Å². The smallest absolute Gasteiger partial charge is 0.338 e. The summed E-state index contributed by atoms with van der Waals surface area (Å²) in [5.41, 5.74) is 7.70. The van der Waals surface area contributed by atoms with E-state index in [1.54, 1.807) is 0 Å². The Kier molecular flexibility index (Phi) is 8.60. The average molecular weight is 704 g/mol. The van der Waals surface area contributed by atoms with E-state index < -0.39 is 8.32 Å². The van der Waals surface area contributed by atoms with Crippen LogP contribution in [0.3, 0.4) is 0 Å². The van der Waals surface area contributed by atoms with E-state index in [1.165, 1.54) is 22.4 Å². The fourth-order valence-corrected chi connectivity index (χ4v) is 9.48. The highest BCUT2D eigenvalue weighted by Gasteiger charge is 2.57. The quantitative estimate of drug-likeness (QED) is 0.130. The van der Waals surface area contributed by atoms with Gasteiger partial charge in [0.1, 0.15) is 11.7 Å². The maximum Gasteiger partial charge on any atom is 0.338 e. The average Bonchev–Trinajstić information content (AvgIpc) is 3.42. The number of ether oxygens (including phenoxy) is 2. The van der Waals surface area contributed by atoms with Crippen LogP contribution in [-0.4, -0.2) is 29.8 Å². The molecule has 0 bridgehead atoms. The molecule has 4 atom stereocenters. The predicted octanol–water partition coefficient (Wildman–Crippen LogP) is 9.72. The van der Waals surface area contributed by atoms with Gasteiger partial charge in [0.2, 0.25) is 0 Å². The molecule has 5 nitrogen and oxygen atoms in total. The molecule has 1 fully saturated rings. The maximum absolute atomic E-state index is 12.4. The number of pyridine rings is 1.